The summed E-state index contributed by atoms with van der Waals surface area (Å²) in [6.45, 7) is 10.4. The Bertz CT molecular complexity index is 783. The van der Waals surface area contributed by atoms with Crippen LogP contribution >= 0.6 is 0 Å². The Morgan fingerprint density at radius 3 is 1.27 bits per heavy atom. The molecule has 0 heterocycles. The van der Waals surface area contributed by atoms with E-state index in [0.717, 1.165) is 44.9 Å². The van der Waals surface area contributed by atoms with Gasteiger partial charge in [0, 0.05) is 5.92 Å². The van der Waals surface area contributed by atoms with Crippen molar-refractivity contribution in [1.29, 1.82) is 0 Å². The molecule has 180 valence electrons. The van der Waals surface area contributed by atoms with Gasteiger partial charge in [0.2, 0.25) is 0 Å². The van der Waals surface area contributed by atoms with Crippen molar-refractivity contribution < 1.29 is 19.1 Å². The molecule has 4 nitrogen and oxygen atoms in total. The Labute approximate surface area is 199 Å². The van der Waals surface area contributed by atoms with Crippen LogP contribution in [0, 0.1) is 5.92 Å². The first-order chi connectivity index (χ1) is 16.0. The van der Waals surface area contributed by atoms with Crippen LogP contribution in [0.25, 0.3) is 0 Å². The summed E-state index contributed by atoms with van der Waals surface area (Å²) in [5, 5.41) is 0. The lowest BCUT2D eigenvalue weighted by molar-refractivity contribution is -0.0391. The van der Waals surface area contributed by atoms with Crippen molar-refractivity contribution in [3.05, 3.63) is 70.8 Å². The fourth-order valence-electron chi connectivity index (χ4n) is 4.22. The second-order valence-electron chi connectivity index (χ2n) is 8.64. The van der Waals surface area contributed by atoms with Gasteiger partial charge < -0.3 is 9.47 Å². The first-order valence-corrected chi connectivity index (χ1v) is 12.6. The molecule has 2 aromatic carbocycles. The number of benzene rings is 2. The Hall–Kier alpha value is -2.62. The van der Waals surface area contributed by atoms with Crippen molar-refractivity contribution in [3.63, 3.8) is 0 Å². The van der Waals surface area contributed by atoms with Crippen LogP contribution < -0.4 is 0 Å². The summed E-state index contributed by atoms with van der Waals surface area (Å²) in [6, 6.07) is 15.2. The molecular formula is C29H40O4. The maximum absolute atomic E-state index is 12.9. The van der Waals surface area contributed by atoms with E-state index < -0.39 is 0 Å². The molecule has 0 N–H and O–H groups in total. The molecule has 2 aromatic rings. The Balaban J connectivity index is 2.18. The van der Waals surface area contributed by atoms with Gasteiger partial charge in [-0.05, 0) is 67.5 Å². The highest BCUT2D eigenvalue weighted by Gasteiger charge is 2.33. The molecule has 0 aliphatic heterocycles. The summed E-state index contributed by atoms with van der Waals surface area (Å²) in [4.78, 5) is 25.8. The fourth-order valence-corrected chi connectivity index (χ4v) is 4.22. The number of ether oxygens (including phenoxy) is 2. The summed E-state index contributed by atoms with van der Waals surface area (Å²) >= 11 is 0. The van der Waals surface area contributed by atoms with E-state index in [-0.39, 0.29) is 30.1 Å². The highest BCUT2D eigenvalue weighted by Crippen LogP contribution is 2.28. The van der Waals surface area contributed by atoms with Gasteiger partial charge in [-0.15, -0.1) is 0 Å². The predicted molar refractivity (Wildman–Crippen MR) is 134 cm³/mol. The lowest BCUT2D eigenvalue weighted by Gasteiger charge is -2.32. The zero-order valence-electron chi connectivity index (χ0n) is 20.9. The van der Waals surface area contributed by atoms with Gasteiger partial charge in [-0.2, -0.15) is 0 Å². The standard InChI is InChI=1S/C29H40O4/c1-6-11-26(32-28(30)23-17-13-21(8-3)14-18-23)25(10-5)27(12-7-2)33-29(31)24-19-15-22(9-4)16-20-24/h13-20,25-27H,6-12H2,1-5H3. The van der Waals surface area contributed by atoms with Crippen molar-refractivity contribution in [2.75, 3.05) is 0 Å². The largest absolute Gasteiger partial charge is 0.458 e. The molecule has 0 spiro atoms. The molecule has 4 heteroatoms. The van der Waals surface area contributed by atoms with E-state index >= 15 is 0 Å². The first-order valence-electron chi connectivity index (χ1n) is 12.6. The molecule has 2 unspecified atom stereocenters. The van der Waals surface area contributed by atoms with E-state index in [9.17, 15) is 9.59 Å². The second-order valence-corrected chi connectivity index (χ2v) is 8.64. The van der Waals surface area contributed by atoms with E-state index in [1.165, 1.54) is 11.1 Å². The smallest absolute Gasteiger partial charge is 0.338 e. The highest BCUT2D eigenvalue weighted by molar-refractivity contribution is 5.90. The number of hydrogen-bond acceptors (Lipinski definition) is 4. The molecule has 0 saturated heterocycles. The predicted octanol–water partition coefficient (Wildman–Crippen LogP) is 7.19. The summed E-state index contributed by atoms with van der Waals surface area (Å²) in [7, 11) is 0. The molecule has 0 aliphatic rings. The number of carbonyl (C=O) groups excluding carboxylic acids is 2. The van der Waals surface area contributed by atoms with Crippen LogP contribution in [0.4, 0.5) is 0 Å². The molecule has 0 saturated carbocycles. The van der Waals surface area contributed by atoms with Gasteiger partial charge in [0.05, 0.1) is 11.1 Å². The Morgan fingerprint density at radius 2 is 1.00 bits per heavy atom. The van der Waals surface area contributed by atoms with Crippen LogP contribution in [0.5, 0.6) is 0 Å². The number of hydrogen-bond donors (Lipinski definition) is 0. The van der Waals surface area contributed by atoms with Gasteiger partial charge in [-0.3, -0.25) is 0 Å². The average molecular weight is 453 g/mol. The van der Waals surface area contributed by atoms with Gasteiger partial charge in [0.15, 0.2) is 0 Å². The van der Waals surface area contributed by atoms with Crippen molar-refractivity contribution in [2.24, 2.45) is 5.92 Å². The minimum Gasteiger partial charge on any atom is -0.458 e. The van der Waals surface area contributed by atoms with Gasteiger partial charge in [-0.1, -0.05) is 71.7 Å². The summed E-state index contributed by atoms with van der Waals surface area (Å²) < 4.78 is 12.0. The van der Waals surface area contributed by atoms with Gasteiger partial charge in [0.1, 0.15) is 12.2 Å². The molecule has 2 atom stereocenters. The topological polar surface area (TPSA) is 52.6 Å². The van der Waals surface area contributed by atoms with Crippen LogP contribution in [0.1, 0.15) is 98.6 Å². The average Bonchev–Trinajstić information content (AvgIpc) is 2.84. The summed E-state index contributed by atoms with van der Waals surface area (Å²) in [5.74, 6) is -0.680. The van der Waals surface area contributed by atoms with Gasteiger partial charge >= 0.3 is 11.9 Å². The van der Waals surface area contributed by atoms with E-state index in [0.29, 0.717) is 11.1 Å². The van der Waals surface area contributed by atoms with Crippen LogP contribution in [-0.4, -0.2) is 24.1 Å². The second kappa shape index (κ2) is 13.8. The maximum atomic E-state index is 12.9. The molecule has 0 aromatic heterocycles. The third-order valence-electron chi connectivity index (χ3n) is 6.29. The SMILES string of the molecule is CCCC(OC(=O)c1ccc(CC)cc1)C(CC)C(CCC)OC(=O)c1ccc(CC)cc1. The van der Waals surface area contributed by atoms with Crippen LogP contribution in [0.3, 0.4) is 0 Å². The monoisotopic (exact) mass is 452 g/mol. The Morgan fingerprint density at radius 1 is 0.636 bits per heavy atom. The van der Waals surface area contributed by atoms with E-state index in [1.807, 2.05) is 48.5 Å². The van der Waals surface area contributed by atoms with E-state index in [1.54, 1.807) is 0 Å². The maximum Gasteiger partial charge on any atom is 0.338 e. The molecule has 0 amide bonds. The zero-order valence-corrected chi connectivity index (χ0v) is 20.9. The minimum absolute atomic E-state index is 0.0531. The van der Waals surface area contributed by atoms with E-state index in [4.69, 9.17) is 9.47 Å². The molecule has 2 rings (SSSR count). The van der Waals surface area contributed by atoms with Crippen molar-refractivity contribution in [1.82, 2.24) is 0 Å². The number of esters is 2. The van der Waals surface area contributed by atoms with Crippen molar-refractivity contribution in [3.8, 4) is 0 Å². The third kappa shape index (κ3) is 7.73. The fraction of sp³-hybridized carbons (Fsp3) is 0.517. The normalized spacial score (nSPS) is 13.7. The van der Waals surface area contributed by atoms with Crippen LogP contribution in [-0.2, 0) is 22.3 Å². The zero-order chi connectivity index (χ0) is 24.2. The number of aryl methyl sites for hydroxylation is 2. The highest BCUT2D eigenvalue weighted by atomic mass is 16.6. The molecule has 0 radical (unpaired) electrons. The van der Waals surface area contributed by atoms with E-state index in [2.05, 4.69) is 34.6 Å². The van der Waals surface area contributed by atoms with Gasteiger partial charge in [0.25, 0.3) is 0 Å². The lowest BCUT2D eigenvalue weighted by Crippen LogP contribution is -2.37. The van der Waals surface area contributed by atoms with Crippen molar-refractivity contribution in [2.45, 2.75) is 91.8 Å². The minimum atomic E-state index is -0.314. The molecule has 0 bridgehead atoms. The Kier molecular flexibility index (Phi) is 11.2. The molecule has 0 fully saturated rings. The molecule has 33 heavy (non-hydrogen) atoms. The molecule has 0 aliphatic carbocycles. The number of rotatable bonds is 13. The van der Waals surface area contributed by atoms with Crippen LogP contribution in [0.15, 0.2) is 48.5 Å². The van der Waals surface area contributed by atoms with Crippen LogP contribution in [0.2, 0.25) is 0 Å². The first kappa shape index (κ1) is 26.6. The molecular weight excluding hydrogens is 412 g/mol. The van der Waals surface area contributed by atoms with Crippen molar-refractivity contribution >= 4 is 11.9 Å². The third-order valence-corrected chi connectivity index (χ3v) is 6.29. The van der Waals surface area contributed by atoms with Gasteiger partial charge in [-0.25, -0.2) is 9.59 Å². The lowest BCUT2D eigenvalue weighted by atomic mass is 9.87. The summed E-state index contributed by atoms with van der Waals surface area (Å²) in [5.41, 5.74) is 3.49. The summed E-state index contributed by atoms with van der Waals surface area (Å²) in [6.07, 6.45) is 5.26. The number of carbonyl (C=O) groups is 2. The quantitative estimate of drug-likeness (QED) is 0.302.